The molecule has 0 amide bonds. The Morgan fingerprint density at radius 3 is 2.55 bits per heavy atom. The Hall–Kier alpha value is -2.62. The third kappa shape index (κ3) is 5.17. The number of hydrogen-bond donors (Lipinski definition) is 1. The van der Waals surface area contributed by atoms with Crippen LogP contribution in [0.5, 0.6) is 0 Å². The molecule has 0 spiro atoms. The van der Waals surface area contributed by atoms with Gasteiger partial charge in [-0.3, -0.25) is 0 Å². The number of anilines is 1. The molecule has 1 aliphatic carbocycles. The number of fused-ring (bicyclic) bond motifs is 1. The van der Waals surface area contributed by atoms with Gasteiger partial charge in [0, 0.05) is 17.9 Å². The van der Waals surface area contributed by atoms with E-state index < -0.39 is 21.6 Å². The summed E-state index contributed by atoms with van der Waals surface area (Å²) in [7, 11) is -2.97. The predicted molar refractivity (Wildman–Crippen MR) is 113 cm³/mol. The van der Waals surface area contributed by atoms with Crippen LogP contribution in [0.4, 0.5) is 19.0 Å². The first-order valence-electron chi connectivity index (χ1n) is 10.1. The van der Waals surface area contributed by atoms with E-state index >= 15 is 0 Å². The van der Waals surface area contributed by atoms with Gasteiger partial charge in [0.05, 0.1) is 23.2 Å². The lowest BCUT2D eigenvalue weighted by Crippen LogP contribution is -2.29. The zero-order valence-corrected chi connectivity index (χ0v) is 17.7. The molecule has 0 unspecified atom stereocenters. The highest BCUT2D eigenvalue weighted by molar-refractivity contribution is 7.90. The van der Waals surface area contributed by atoms with Crippen LogP contribution in [0.2, 0.25) is 0 Å². The number of nitrogens with zero attached hydrogens (tertiary/aromatic N) is 3. The molecule has 0 bridgehead atoms. The first kappa shape index (κ1) is 21.6. The minimum atomic E-state index is -4.42. The summed E-state index contributed by atoms with van der Waals surface area (Å²) in [5.74, 6) is 1.01. The molecule has 1 saturated carbocycles. The van der Waals surface area contributed by atoms with Crippen LogP contribution in [-0.4, -0.2) is 41.1 Å². The van der Waals surface area contributed by atoms with Crippen molar-refractivity contribution >= 4 is 21.3 Å². The third-order valence-electron chi connectivity index (χ3n) is 5.59. The van der Waals surface area contributed by atoms with Gasteiger partial charge in [-0.25, -0.2) is 17.9 Å². The van der Waals surface area contributed by atoms with E-state index in [0.717, 1.165) is 37.8 Å². The van der Waals surface area contributed by atoms with E-state index in [0.29, 0.717) is 22.7 Å². The van der Waals surface area contributed by atoms with Gasteiger partial charge >= 0.3 is 6.18 Å². The topological polar surface area (TPSA) is 76.4 Å². The van der Waals surface area contributed by atoms with Gasteiger partial charge in [0.1, 0.15) is 15.7 Å². The quantitative estimate of drug-likeness (QED) is 0.620. The monoisotopic (exact) mass is 452 g/mol. The van der Waals surface area contributed by atoms with Gasteiger partial charge in [-0.15, -0.1) is 5.10 Å². The van der Waals surface area contributed by atoms with Crippen molar-refractivity contribution in [3.05, 3.63) is 48.2 Å². The molecular formula is C21H23F3N4O2S. The van der Waals surface area contributed by atoms with Gasteiger partial charge in [0.15, 0.2) is 5.65 Å². The summed E-state index contributed by atoms with van der Waals surface area (Å²) in [6.45, 7) is 0. The lowest BCUT2D eigenvalue weighted by atomic mass is 9.87. The van der Waals surface area contributed by atoms with Crippen LogP contribution in [0.25, 0.3) is 16.9 Å². The average Bonchev–Trinajstić information content (AvgIpc) is 3.11. The minimum Gasteiger partial charge on any atom is -0.366 e. The van der Waals surface area contributed by atoms with Gasteiger partial charge in [-0.1, -0.05) is 12.1 Å². The van der Waals surface area contributed by atoms with E-state index in [1.165, 1.54) is 23.0 Å². The molecule has 1 aromatic carbocycles. The first-order chi connectivity index (χ1) is 14.6. The van der Waals surface area contributed by atoms with Gasteiger partial charge in [0.2, 0.25) is 0 Å². The lowest BCUT2D eigenvalue weighted by Gasteiger charge is -2.29. The molecule has 1 N–H and O–H groups in total. The van der Waals surface area contributed by atoms with Crippen LogP contribution in [0.15, 0.2) is 42.6 Å². The molecule has 0 radical (unpaired) electrons. The molecule has 31 heavy (non-hydrogen) atoms. The van der Waals surface area contributed by atoms with Gasteiger partial charge < -0.3 is 5.32 Å². The van der Waals surface area contributed by atoms with Crippen molar-refractivity contribution in [3.8, 4) is 11.3 Å². The molecule has 0 saturated heterocycles. The number of imidazole rings is 1. The number of alkyl halides is 3. The summed E-state index contributed by atoms with van der Waals surface area (Å²) < 4.78 is 63.8. The largest absolute Gasteiger partial charge is 0.416 e. The van der Waals surface area contributed by atoms with Crippen molar-refractivity contribution in [3.63, 3.8) is 0 Å². The minimum absolute atomic E-state index is 0.168. The fraction of sp³-hybridized carbons (Fsp3) is 0.429. The lowest BCUT2D eigenvalue weighted by molar-refractivity contribution is -0.137. The molecule has 166 valence electrons. The second kappa shape index (κ2) is 8.14. The molecule has 1 aliphatic rings. The number of rotatable bonds is 5. The Bertz CT molecular complexity index is 1180. The predicted octanol–water partition coefficient (Wildman–Crippen LogP) is 4.43. The molecule has 0 atom stereocenters. The molecule has 0 aliphatic heterocycles. The van der Waals surface area contributed by atoms with Crippen molar-refractivity contribution in [2.24, 2.45) is 5.92 Å². The van der Waals surface area contributed by atoms with Crippen molar-refractivity contribution in [1.29, 1.82) is 0 Å². The van der Waals surface area contributed by atoms with E-state index in [1.54, 1.807) is 18.2 Å². The zero-order chi connectivity index (χ0) is 22.2. The molecule has 3 aromatic rings. The second-order valence-electron chi connectivity index (χ2n) is 8.16. The molecule has 1 fully saturated rings. The third-order valence-corrected chi connectivity index (χ3v) is 6.66. The van der Waals surface area contributed by atoms with Crippen molar-refractivity contribution in [2.45, 2.75) is 37.9 Å². The second-order valence-corrected chi connectivity index (χ2v) is 10.3. The van der Waals surface area contributed by atoms with E-state index in [2.05, 4.69) is 15.4 Å². The van der Waals surface area contributed by atoms with E-state index in [4.69, 9.17) is 0 Å². The number of sulfone groups is 1. The van der Waals surface area contributed by atoms with Gasteiger partial charge in [-0.2, -0.15) is 13.2 Å². The van der Waals surface area contributed by atoms with Crippen LogP contribution in [0, 0.1) is 5.92 Å². The van der Waals surface area contributed by atoms with Crippen LogP contribution in [0.3, 0.4) is 0 Å². The van der Waals surface area contributed by atoms with Gasteiger partial charge in [-0.05, 0) is 55.9 Å². The normalized spacial score (nSPS) is 20.1. The number of benzene rings is 1. The van der Waals surface area contributed by atoms with E-state index in [9.17, 15) is 21.6 Å². The zero-order valence-electron chi connectivity index (χ0n) is 16.9. The summed E-state index contributed by atoms with van der Waals surface area (Å²) in [6, 6.07) is 8.82. The maximum atomic E-state index is 13.1. The Balaban J connectivity index is 1.52. The SMILES string of the molecule is CS(=O)(=O)CC1CCC(Nc2ccc3ncc(-c4cccc(C(F)(F)F)c4)n3n2)CC1. The number of aromatic nitrogens is 3. The van der Waals surface area contributed by atoms with E-state index in [1.807, 2.05) is 0 Å². The summed E-state index contributed by atoms with van der Waals surface area (Å²) >= 11 is 0. The highest BCUT2D eigenvalue weighted by Gasteiger charge is 2.30. The van der Waals surface area contributed by atoms with Crippen molar-refractivity contribution in [2.75, 3.05) is 17.3 Å². The molecule has 10 heteroatoms. The fourth-order valence-electron chi connectivity index (χ4n) is 4.11. The Morgan fingerprint density at radius 1 is 1.13 bits per heavy atom. The maximum absolute atomic E-state index is 13.1. The number of halogens is 3. The van der Waals surface area contributed by atoms with Crippen LogP contribution < -0.4 is 5.32 Å². The Labute approximate surface area is 178 Å². The number of hydrogen-bond acceptors (Lipinski definition) is 5. The molecule has 2 heterocycles. The molecular weight excluding hydrogens is 429 g/mol. The van der Waals surface area contributed by atoms with E-state index in [-0.39, 0.29) is 17.7 Å². The Kier molecular flexibility index (Phi) is 5.67. The maximum Gasteiger partial charge on any atom is 0.416 e. The van der Waals surface area contributed by atoms with Crippen LogP contribution in [-0.2, 0) is 16.0 Å². The summed E-state index contributed by atoms with van der Waals surface area (Å²) in [5.41, 5.74) is 0.671. The highest BCUT2D eigenvalue weighted by atomic mass is 32.2. The molecule has 6 nitrogen and oxygen atoms in total. The van der Waals surface area contributed by atoms with Crippen molar-refractivity contribution < 1.29 is 21.6 Å². The Morgan fingerprint density at radius 2 is 1.87 bits per heavy atom. The summed E-state index contributed by atoms with van der Waals surface area (Å²) in [5, 5.41) is 7.91. The highest BCUT2D eigenvalue weighted by Crippen LogP contribution is 2.32. The summed E-state index contributed by atoms with van der Waals surface area (Å²) in [6.07, 6.45) is 1.68. The summed E-state index contributed by atoms with van der Waals surface area (Å²) in [4.78, 5) is 4.25. The smallest absolute Gasteiger partial charge is 0.366 e. The number of nitrogens with one attached hydrogen (secondary N) is 1. The van der Waals surface area contributed by atoms with Crippen molar-refractivity contribution in [1.82, 2.24) is 14.6 Å². The standard InChI is InChI=1S/C21H23F3N4O2S/c1-31(29,30)13-14-5-7-17(8-6-14)26-19-9-10-20-25-12-18(28(20)27-19)15-3-2-4-16(11-15)21(22,23)24/h2-4,9-12,14,17H,5-8,13H2,1H3,(H,26,27). The molecule has 4 rings (SSSR count). The first-order valence-corrected chi connectivity index (χ1v) is 12.1. The van der Waals surface area contributed by atoms with Gasteiger partial charge in [0.25, 0.3) is 0 Å². The average molecular weight is 453 g/mol. The van der Waals surface area contributed by atoms with Crippen LogP contribution >= 0.6 is 0 Å². The fourth-order valence-corrected chi connectivity index (χ4v) is 5.30. The van der Waals surface area contributed by atoms with Crippen LogP contribution in [0.1, 0.15) is 31.2 Å². The molecule has 2 aromatic heterocycles.